The molecule has 1 aromatic rings. The van der Waals surface area contributed by atoms with E-state index >= 15 is 0 Å². The first-order valence-electron chi connectivity index (χ1n) is 8.58. The number of benzene rings is 1. The van der Waals surface area contributed by atoms with Gasteiger partial charge in [-0.05, 0) is 62.4 Å². The Balaban J connectivity index is 1.46. The summed E-state index contributed by atoms with van der Waals surface area (Å²) in [7, 11) is 0. The number of nitrogens with one attached hydrogen (secondary N) is 2. The molecule has 4 heteroatoms. The molecule has 120 valence electrons. The van der Waals surface area contributed by atoms with Crippen molar-refractivity contribution in [2.45, 2.75) is 51.0 Å². The first kappa shape index (κ1) is 15.3. The van der Waals surface area contributed by atoms with Gasteiger partial charge < -0.3 is 15.4 Å². The van der Waals surface area contributed by atoms with Crippen LogP contribution in [0, 0.1) is 5.92 Å². The van der Waals surface area contributed by atoms with Crippen LogP contribution in [-0.4, -0.2) is 25.1 Å². The van der Waals surface area contributed by atoms with Crippen LogP contribution in [0.1, 0.15) is 44.9 Å². The maximum absolute atomic E-state index is 12.0. The molecule has 1 heterocycles. The SMILES string of the molecule is O=C(Nc1ccc(OCC2CCCCC2)cc1)C1CCCN1. The quantitative estimate of drug-likeness (QED) is 0.877. The zero-order chi connectivity index (χ0) is 15.2. The largest absolute Gasteiger partial charge is 0.493 e. The van der Waals surface area contributed by atoms with Gasteiger partial charge in [0.2, 0.25) is 5.91 Å². The fourth-order valence-corrected chi connectivity index (χ4v) is 3.34. The van der Waals surface area contributed by atoms with Crippen molar-refractivity contribution in [3.63, 3.8) is 0 Å². The first-order valence-corrected chi connectivity index (χ1v) is 8.58. The molecule has 1 saturated heterocycles. The topological polar surface area (TPSA) is 50.4 Å². The molecular weight excluding hydrogens is 276 g/mol. The van der Waals surface area contributed by atoms with Gasteiger partial charge in [-0.3, -0.25) is 4.79 Å². The highest BCUT2D eigenvalue weighted by atomic mass is 16.5. The zero-order valence-electron chi connectivity index (χ0n) is 13.1. The normalized spacial score (nSPS) is 22.5. The Kier molecular flexibility index (Phi) is 5.33. The van der Waals surface area contributed by atoms with Crippen molar-refractivity contribution in [2.24, 2.45) is 5.92 Å². The van der Waals surface area contributed by atoms with Gasteiger partial charge in [-0.2, -0.15) is 0 Å². The third kappa shape index (κ3) is 4.23. The molecule has 1 amide bonds. The summed E-state index contributed by atoms with van der Waals surface area (Å²) in [5.74, 6) is 1.66. The summed E-state index contributed by atoms with van der Waals surface area (Å²) in [6.45, 7) is 1.75. The Bertz CT molecular complexity index is 474. The average molecular weight is 302 g/mol. The average Bonchev–Trinajstić information content (AvgIpc) is 3.10. The molecule has 2 N–H and O–H groups in total. The molecule has 22 heavy (non-hydrogen) atoms. The smallest absolute Gasteiger partial charge is 0.241 e. The van der Waals surface area contributed by atoms with E-state index in [1.165, 1.54) is 32.1 Å². The lowest BCUT2D eigenvalue weighted by Gasteiger charge is -2.21. The summed E-state index contributed by atoms with van der Waals surface area (Å²) in [6, 6.07) is 7.69. The third-order valence-electron chi connectivity index (χ3n) is 4.71. The molecule has 1 aliphatic heterocycles. The van der Waals surface area contributed by atoms with Gasteiger partial charge >= 0.3 is 0 Å². The fraction of sp³-hybridized carbons (Fsp3) is 0.611. The molecule has 3 rings (SSSR count). The van der Waals surface area contributed by atoms with E-state index < -0.39 is 0 Å². The van der Waals surface area contributed by atoms with Gasteiger partial charge in [0, 0.05) is 5.69 Å². The van der Waals surface area contributed by atoms with E-state index in [0.717, 1.165) is 37.4 Å². The summed E-state index contributed by atoms with van der Waals surface area (Å²) in [5.41, 5.74) is 0.837. The van der Waals surface area contributed by atoms with E-state index in [2.05, 4.69) is 10.6 Å². The van der Waals surface area contributed by atoms with Crippen LogP contribution < -0.4 is 15.4 Å². The van der Waals surface area contributed by atoms with E-state index in [9.17, 15) is 4.79 Å². The van der Waals surface area contributed by atoms with Crippen molar-refractivity contribution < 1.29 is 9.53 Å². The number of rotatable bonds is 5. The van der Waals surface area contributed by atoms with Crippen LogP contribution in [0.5, 0.6) is 5.75 Å². The summed E-state index contributed by atoms with van der Waals surface area (Å²) in [4.78, 5) is 12.0. The molecule has 0 spiro atoms. The van der Waals surface area contributed by atoms with Crippen LogP contribution in [0.2, 0.25) is 0 Å². The standard InChI is InChI=1S/C18H26N2O2/c21-18(17-7-4-12-19-17)20-15-8-10-16(11-9-15)22-13-14-5-2-1-3-6-14/h8-11,14,17,19H,1-7,12-13H2,(H,20,21). The van der Waals surface area contributed by atoms with Crippen LogP contribution >= 0.6 is 0 Å². The second-order valence-electron chi connectivity index (χ2n) is 6.48. The highest BCUT2D eigenvalue weighted by Crippen LogP contribution is 2.25. The Hall–Kier alpha value is -1.55. The van der Waals surface area contributed by atoms with E-state index in [0.29, 0.717) is 5.92 Å². The van der Waals surface area contributed by atoms with Gasteiger partial charge in [0.15, 0.2) is 0 Å². The fourth-order valence-electron chi connectivity index (χ4n) is 3.34. The van der Waals surface area contributed by atoms with E-state index in [4.69, 9.17) is 4.74 Å². The van der Waals surface area contributed by atoms with Crippen molar-refractivity contribution in [2.75, 3.05) is 18.5 Å². The van der Waals surface area contributed by atoms with Gasteiger partial charge in [-0.25, -0.2) is 0 Å². The molecule has 0 radical (unpaired) electrons. The van der Waals surface area contributed by atoms with Crippen molar-refractivity contribution in [1.82, 2.24) is 5.32 Å². The molecule has 0 aromatic heterocycles. The number of hydrogen-bond donors (Lipinski definition) is 2. The summed E-state index contributed by atoms with van der Waals surface area (Å²) < 4.78 is 5.88. The molecule has 1 saturated carbocycles. The lowest BCUT2D eigenvalue weighted by atomic mass is 9.90. The van der Waals surface area contributed by atoms with Gasteiger partial charge in [0.25, 0.3) is 0 Å². The number of anilines is 1. The Morgan fingerprint density at radius 2 is 1.86 bits per heavy atom. The number of carbonyl (C=O) groups excluding carboxylic acids is 1. The monoisotopic (exact) mass is 302 g/mol. The predicted octanol–water partition coefficient (Wildman–Crippen LogP) is 3.34. The summed E-state index contributed by atoms with van der Waals surface area (Å²) in [6.07, 6.45) is 8.65. The van der Waals surface area contributed by atoms with E-state index in [1.54, 1.807) is 0 Å². The van der Waals surface area contributed by atoms with Crippen LogP contribution in [0.25, 0.3) is 0 Å². The predicted molar refractivity (Wildman–Crippen MR) is 88.2 cm³/mol. The van der Waals surface area contributed by atoms with Crippen LogP contribution in [-0.2, 0) is 4.79 Å². The molecule has 2 fully saturated rings. The molecule has 1 aromatic carbocycles. The maximum Gasteiger partial charge on any atom is 0.241 e. The molecule has 2 aliphatic rings. The first-order chi connectivity index (χ1) is 10.8. The summed E-state index contributed by atoms with van der Waals surface area (Å²) >= 11 is 0. The molecule has 4 nitrogen and oxygen atoms in total. The van der Waals surface area contributed by atoms with Crippen molar-refractivity contribution >= 4 is 11.6 Å². The van der Waals surface area contributed by atoms with Crippen molar-refractivity contribution in [3.8, 4) is 5.75 Å². The van der Waals surface area contributed by atoms with Crippen LogP contribution in [0.15, 0.2) is 24.3 Å². The van der Waals surface area contributed by atoms with Gasteiger partial charge in [-0.1, -0.05) is 19.3 Å². The summed E-state index contributed by atoms with van der Waals surface area (Å²) in [5, 5.41) is 6.17. The maximum atomic E-state index is 12.0. The molecular formula is C18H26N2O2. The molecule has 1 atom stereocenters. The Morgan fingerprint density at radius 1 is 1.09 bits per heavy atom. The molecule has 1 aliphatic carbocycles. The van der Waals surface area contributed by atoms with E-state index in [-0.39, 0.29) is 11.9 Å². The van der Waals surface area contributed by atoms with Gasteiger partial charge in [0.1, 0.15) is 5.75 Å². The minimum Gasteiger partial charge on any atom is -0.493 e. The minimum atomic E-state index is -0.0396. The number of amides is 1. The van der Waals surface area contributed by atoms with Crippen molar-refractivity contribution in [3.05, 3.63) is 24.3 Å². The molecule has 1 unspecified atom stereocenters. The lowest BCUT2D eigenvalue weighted by Crippen LogP contribution is -2.35. The van der Waals surface area contributed by atoms with Gasteiger partial charge in [-0.15, -0.1) is 0 Å². The number of carbonyl (C=O) groups is 1. The Morgan fingerprint density at radius 3 is 2.55 bits per heavy atom. The van der Waals surface area contributed by atoms with Gasteiger partial charge in [0.05, 0.1) is 12.6 Å². The van der Waals surface area contributed by atoms with Crippen molar-refractivity contribution in [1.29, 1.82) is 0 Å². The second-order valence-corrected chi connectivity index (χ2v) is 6.48. The van der Waals surface area contributed by atoms with E-state index in [1.807, 2.05) is 24.3 Å². The highest BCUT2D eigenvalue weighted by molar-refractivity contribution is 5.95. The Labute approximate surface area is 132 Å². The number of hydrogen-bond acceptors (Lipinski definition) is 3. The highest BCUT2D eigenvalue weighted by Gasteiger charge is 2.21. The lowest BCUT2D eigenvalue weighted by molar-refractivity contribution is -0.117. The third-order valence-corrected chi connectivity index (χ3v) is 4.71. The molecule has 0 bridgehead atoms. The van der Waals surface area contributed by atoms with Crippen LogP contribution in [0.3, 0.4) is 0 Å². The zero-order valence-corrected chi connectivity index (χ0v) is 13.1. The second kappa shape index (κ2) is 7.63. The minimum absolute atomic E-state index is 0.0396. The number of ether oxygens (including phenoxy) is 1. The van der Waals surface area contributed by atoms with Crippen LogP contribution in [0.4, 0.5) is 5.69 Å².